The first kappa shape index (κ1) is 14.9. The van der Waals surface area contributed by atoms with Crippen LogP contribution < -0.4 is 0 Å². The summed E-state index contributed by atoms with van der Waals surface area (Å²) in [5.41, 5.74) is -0.161. The molecule has 1 aromatic carbocycles. The maximum absolute atomic E-state index is 13.3. The molecule has 0 saturated carbocycles. The van der Waals surface area contributed by atoms with Gasteiger partial charge in [0.1, 0.15) is 12.4 Å². The van der Waals surface area contributed by atoms with Gasteiger partial charge in [0.25, 0.3) is 0 Å². The van der Waals surface area contributed by atoms with Gasteiger partial charge in [0.2, 0.25) is 0 Å². The highest BCUT2D eigenvalue weighted by atomic mass is 35.5. The highest BCUT2D eigenvalue weighted by Crippen LogP contribution is 2.15. The lowest BCUT2D eigenvalue weighted by Gasteiger charge is -2.08. The first-order chi connectivity index (χ1) is 8.50. The third-order valence-electron chi connectivity index (χ3n) is 2.06. The van der Waals surface area contributed by atoms with Crippen molar-refractivity contribution in [3.8, 4) is 0 Å². The van der Waals surface area contributed by atoms with E-state index in [9.17, 15) is 9.18 Å². The first-order valence-electron chi connectivity index (χ1n) is 5.70. The third kappa shape index (κ3) is 5.02. The van der Waals surface area contributed by atoms with Crippen molar-refractivity contribution in [1.29, 1.82) is 0 Å². The number of carbonyl (C=O) groups excluding carboxylic acids is 1. The lowest BCUT2D eigenvalue weighted by Crippen LogP contribution is -2.13. The normalized spacial score (nSPS) is 10.7. The lowest BCUT2D eigenvalue weighted by atomic mass is 10.2. The molecule has 0 heterocycles. The predicted molar refractivity (Wildman–Crippen MR) is 67.3 cm³/mol. The number of esters is 1. The summed E-state index contributed by atoms with van der Waals surface area (Å²) in [6.45, 7) is 5.04. The molecule has 0 unspecified atom stereocenters. The van der Waals surface area contributed by atoms with Gasteiger partial charge >= 0.3 is 5.97 Å². The quantitative estimate of drug-likeness (QED) is 0.590. The fourth-order valence-electron chi connectivity index (χ4n) is 1.24. The molecule has 0 fully saturated rings. The minimum Gasteiger partial charge on any atom is -0.460 e. The Morgan fingerprint density at radius 1 is 1.39 bits per heavy atom. The van der Waals surface area contributed by atoms with E-state index < -0.39 is 11.8 Å². The molecule has 0 aromatic heterocycles. The van der Waals surface area contributed by atoms with Crippen LogP contribution in [0.25, 0.3) is 0 Å². The van der Waals surface area contributed by atoms with E-state index in [2.05, 4.69) is 0 Å². The Kier molecular flexibility index (Phi) is 6.09. The maximum Gasteiger partial charge on any atom is 0.341 e. The molecule has 18 heavy (non-hydrogen) atoms. The standard InChI is InChI=1S/C13H16ClFO3/c1-9(2)8-17-5-6-18-13(16)11-7-10(14)3-4-12(11)15/h3-4,7,9H,5-6,8H2,1-2H3. The van der Waals surface area contributed by atoms with Gasteiger partial charge in [0, 0.05) is 11.6 Å². The minimum absolute atomic E-state index is 0.0947. The molecule has 0 atom stereocenters. The monoisotopic (exact) mass is 274 g/mol. The van der Waals surface area contributed by atoms with Gasteiger partial charge in [0.15, 0.2) is 0 Å². The molecule has 0 bridgehead atoms. The van der Waals surface area contributed by atoms with Crippen LogP contribution in [0.4, 0.5) is 4.39 Å². The summed E-state index contributed by atoms with van der Waals surface area (Å²) in [6, 6.07) is 3.75. The first-order valence-corrected chi connectivity index (χ1v) is 6.08. The lowest BCUT2D eigenvalue weighted by molar-refractivity contribution is 0.0273. The van der Waals surface area contributed by atoms with E-state index in [-0.39, 0.29) is 12.2 Å². The third-order valence-corrected chi connectivity index (χ3v) is 2.30. The van der Waals surface area contributed by atoms with E-state index in [1.54, 1.807) is 0 Å². The molecule has 0 amide bonds. The second-order valence-electron chi connectivity index (χ2n) is 4.23. The fraction of sp³-hybridized carbons (Fsp3) is 0.462. The summed E-state index contributed by atoms with van der Waals surface area (Å²) in [5.74, 6) is -0.957. The number of ether oxygens (including phenoxy) is 2. The van der Waals surface area contributed by atoms with E-state index in [1.807, 2.05) is 13.8 Å². The second-order valence-corrected chi connectivity index (χ2v) is 4.67. The van der Waals surface area contributed by atoms with Gasteiger partial charge in [0.05, 0.1) is 12.2 Å². The van der Waals surface area contributed by atoms with Crippen molar-refractivity contribution in [2.24, 2.45) is 5.92 Å². The molecule has 1 aromatic rings. The molecule has 0 aliphatic heterocycles. The van der Waals surface area contributed by atoms with Crippen LogP contribution in [0, 0.1) is 11.7 Å². The molecular weight excluding hydrogens is 259 g/mol. The van der Waals surface area contributed by atoms with E-state index in [0.717, 1.165) is 6.07 Å². The molecule has 0 aliphatic carbocycles. The summed E-state index contributed by atoms with van der Waals surface area (Å²) in [5, 5.41) is 0.291. The van der Waals surface area contributed by atoms with Crippen LogP contribution in [0.2, 0.25) is 5.02 Å². The van der Waals surface area contributed by atoms with E-state index in [1.165, 1.54) is 12.1 Å². The van der Waals surface area contributed by atoms with Gasteiger partial charge in [-0.3, -0.25) is 0 Å². The second kappa shape index (κ2) is 7.34. The highest BCUT2D eigenvalue weighted by Gasteiger charge is 2.13. The van der Waals surface area contributed by atoms with E-state index in [0.29, 0.717) is 24.2 Å². The molecule has 5 heteroatoms. The van der Waals surface area contributed by atoms with Crippen molar-refractivity contribution in [2.75, 3.05) is 19.8 Å². The van der Waals surface area contributed by atoms with Crippen LogP contribution in [0.3, 0.4) is 0 Å². The molecule has 0 N–H and O–H groups in total. The number of benzene rings is 1. The molecule has 0 spiro atoms. The number of hydrogen-bond donors (Lipinski definition) is 0. The van der Waals surface area contributed by atoms with Gasteiger partial charge in [-0.2, -0.15) is 0 Å². The number of rotatable bonds is 6. The Hall–Kier alpha value is -1.13. The topological polar surface area (TPSA) is 35.5 Å². The predicted octanol–water partition coefficient (Wildman–Crippen LogP) is 3.31. The van der Waals surface area contributed by atoms with Crippen LogP contribution in [0.1, 0.15) is 24.2 Å². The SMILES string of the molecule is CC(C)COCCOC(=O)c1cc(Cl)ccc1F. The van der Waals surface area contributed by atoms with Gasteiger partial charge in [-0.1, -0.05) is 25.4 Å². The van der Waals surface area contributed by atoms with Crippen molar-refractivity contribution in [1.82, 2.24) is 0 Å². The summed E-state index contributed by atoms with van der Waals surface area (Å²) in [7, 11) is 0. The molecular formula is C13H16ClFO3. The van der Waals surface area contributed by atoms with Crippen molar-refractivity contribution in [3.63, 3.8) is 0 Å². The largest absolute Gasteiger partial charge is 0.460 e. The number of carbonyl (C=O) groups is 1. The molecule has 0 radical (unpaired) electrons. The van der Waals surface area contributed by atoms with Crippen molar-refractivity contribution >= 4 is 17.6 Å². The van der Waals surface area contributed by atoms with Crippen LogP contribution in [0.5, 0.6) is 0 Å². The number of hydrogen-bond acceptors (Lipinski definition) is 3. The Balaban J connectivity index is 2.39. The summed E-state index contributed by atoms with van der Waals surface area (Å²) < 4.78 is 23.4. The molecule has 0 saturated heterocycles. The van der Waals surface area contributed by atoms with Gasteiger partial charge < -0.3 is 9.47 Å². The van der Waals surface area contributed by atoms with Crippen LogP contribution in [-0.2, 0) is 9.47 Å². The minimum atomic E-state index is -0.733. The Bertz CT molecular complexity index is 407. The fourth-order valence-corrected chi connectivity index (χ4v) is 1.42. The molecule has 0 aliphatic rings. The molecule has 3 nitrogen and oxygen atoms in total. The van der Waals surface area contributed by atoms with Gasteiger partial charge in [-0.15, -0.1) is 0 Å². The Morgan fingerprint density at radius 2 is 2.11 bits per heavy atom. The zero-order valence-electron chi connectivity index (χ0n) is 10.4. The zero-order valence-corrected chi connectivity index (χ0v) is 11.2. The van der Waals surface area contributed by atoms with Crippen LogP contribution in [-0.4, -0.2) is 25.8 Å². The van der Waals surface area contributed by atoms with E-state index in [4.69, 9.17) is 21.1 Å². The van der Waals surface area contributed by atoms with Crippen molar-refractivity contribution in [2.45, 2.75) is 13.8 Å². The smallest absolute Gasteiger partial charge is 0.341 e. The van der Waals surface area contributed by atoms with Gasteiger partial charge in [-0.25, -0.2) is 9.18 Å². The zero-order chi connectivity index (χ0) is 13.5. The average Bonchev–Trinajstić information content (AvgIpc) is 2.31. The van der Waals surface area contributed by atoms with Crippen molar-refractivity contribution < 1.29 is 18.7 Å². The van der Waals surface area contributed by atoms with E-state index >= 15 is 0 Å². The van der Waals surface area contributed by atoms with Crippen LogP contribution >= 0.6 is 11.6 Å². The Morgan fingerprint density at radius 3 is 2.78 bits per heavy atom. The summed E-state index contributed by atoms with van der Waals surface area (Å²) in [6.07, 6.45) is 0. The molecule has 1 rings (SSSR count). The highest BCUT2D eigenvalue weighted by molar-refractivity contribution is 6.30. The molecule has 100 valence electrons. The summed E-state index contributed by atoms with van der Waals surface area (Å²) >= 11 is 5.68. The van der Waals surface area contributed by atoms with Crippen molar-refractivity contribution in [3.05, 3.63) is 34.6 Å². The Labute approximate surface area is 111 Å². The number of halogens is 2. The summed E-state index contributed by atoms with van der Waals surface area (Å²) in [4.78, 5) is 11.5. The maximum atomic E-state index is 13.3. The average molecular weight is 275 g/mol. The van der Waals surface area contributed by atoms with Gasteiger partial charge in [-0.05, 0) is 24.1 Å². The van der Waals surface area contributed by atoms with Crippen LogP contribution in [0.15, 0.2) is 18.2 Å².